The van der Waals surface area contributed by atoms with Gasteiger partial charge in [-0.1, -0.05) is 19.1 Å². The number of amides is 1. The van der Waals surface area contributed by atoms with E-state index in [9.17, 15) is 22.8 Å². The minimum Gasteiger partial charge on any atom is -0.493 e. The summed E-state index contributed by atoms with van der Waals surface area (Å²) in [5, 5.41) is 5.64. The van der Waals surface area contributed by atoms with Gasteiger partial charge in [0.2, 0.25) is 5.91 Å². The lowest BCUT2D eigenvalue weighted by Crippen LogP contribution is -2.42. The molecule has 0 bridgehead atoms. The molecule has 0 fully saturated rings. The van der Waals surface area contributed by atoms with Crippen LogP contribution in [-0.4, -0.2) is 42.7 Å². The number of halogens is 3. The highest BCUT2D eigenvalue weighted by molar-refractivity contribution is 6.06. The van der Waals surface area contributed by atoms with Crippen molar-refractivity contribution in [2.24, 2.45) is 16.8 Å². The summed E-state index contributed by atoms with van der Waals surface area (Å²) in [6.07, 6.45) is -5.12. The van der Waals surface area contributed by atoms with Gasteiger partial charge in [-0.2, -0.15) is 5.10 Å². The van der Waals surface area contributed by atoms with Crippen molar-refractivity contribution in [3.8, 4) is 11.5 Å². The first-order chi connectivity index (χ1) is 16.6. The summed E-state index contributed by atoms with van der Waals surface area (Å²) in [5.41, 5.74) is 8.18. The van der Waals surface area contributed by atoms with Crippen LogP contribution in [0.15, 0.2) is 47.6 Å². The number of nitrogens with zero attached hydrogens (tertiary/aromatic N) is 2. The number of carbonyl (C=O) groups excluding carboxylic acids is 2. The maximum atomic E-state index is 12.8. The third-order valence-electron chi connectivity index (χ3n) is 5.48. The summed E-state index contributed by atoms with van der Waals surface area (Å²) in [6, 6.07) is 10.3. The molecule has 11 heteroatoms. The standard InChI is InChI=1S/C24H26F3N3O5/c1-4-14-13-20(31)30(22(28)15-6-8-16(9-7-15)23(32)34-5-2)29-21(14)17-10-11-18(19(12-17)33-3)35-24(25,26)27/h6-12,14,22H,4-5,13,28H2,1-3H3. The Morgan fingerprint density at radius 1 is 1.17 bits per heavy atom. The number of methoxy groups -OCH3 is 1. The normalized spacial score (nSPS) is 17.0. The van der Waals surface area contributed by atoms with Crippen LogP contribution in [0, 0.1) is 5.92 Å². The highest BCUT2D eigenvalue weighted by atomic mass is 19.4. The van der Waals surface area contributed by atoms with Crippen LogP contribution < -0.4 is 15.2 Å². The molecular formula is C24H26F3N3O5. The third kappa shape index (κ3) is 6.10. The molecule has 1 aliphatic heterocycles. The molecule has 2 unspecified atom stereocenters. The first kappa shape index (κ1) is 26.0. The Labute approximate surface area is 200 Å². The molecule has 35 heavy (non-hydrogen) atoms. The summed E-state index contributed by atoms with van der Waals surface area (Å²) in [4.78, 5) is 24.7. The number of nitrogens with two attached hydrogens (primary N) is 1. The van der Waals surface area contributed by atoms with Gasteiger partial charge < -0.3 is 19.9 Å². The predicted octanol–water partition coefficient (Wildman–Crippen LogP) is 4.39. The molecule has 188 valence electrons. The molecule has 2 aromatic carbocycles. The molecule has 1 aliphatic rings. The van der Waals surface area contributed by atoms with Crippen molar-refractivity contribution in [2.75, 3.05) is 13.7 Å². The second-order valence-electron chi connectivity index (χ2n) is 7.73. The quantitative estimate of drug-likeness (QED) is 0.547. The number of alkyl halides is 3. The third-order valence-corrected chi connectivity index (χ3v) is 5.48. The van der Waals surface area contributed by atoms with Gasteiger partial charge in [-0.3, -0.25) is 4.79 Å². The minimum absolute atomic E-state index is 0.118. The Morgan fingerprint density at radius 2 is 1.86 bits per heavy atom. The van der Waals surface area contributed by atoms with E-state index in [2.05, 4.69) is 9.84 Å². The highest BCUT2D eigenvalue weighted by Crippen LogP contribution is 2.35. The molecule has 0 aromatic heterocycles. The number of hydrogen-bond donors (Lipinski definition) is 1. The van der Waals surface area contributed by atoms with Crippen molar-refractivity contribution in [1.82, 2.24) is 5.01 Å². The highest BCUT2D eigenvalue weighted by Gasteiger charge is 2.35. The molecule has 0 spiro atoms. The molecule has 2 aromatic rings. The van der Waals surface area contributed by atoms with Crippen molar-refractivity contribution in [2.45, 2.75) is 39.2 Å². The van der Waals surface area contributed by atoms with Crippen LogP contribution in [0.5, 0.6) is 11.5 Å². The smallest absolute Gasteiger partial charge is 0.493 e. The van der Waals surface area contributed by atoms with Gasteiger partial charge >= 0.3 is 12.3 Å². The van der Waals surface area contributed by atoms with Crippen LogP contribution in [0.25, 0.3) is 0 Å². The van der Waals surface area contributed by atoms with E-state index < -0.39 is 24.2 Å². The number of ether oxygens (including phenoxy) is 3. The fourth-order valence-corrected chi connectivity index (χ4v) is 3.71. The van der Waals surface area contributed by atoms with Gasteiger partial charge in [0, 0.05) is 17.9 Å². The number of esters is 1. The number of benzene rings is 2. The maximum Gasteiger partial charge on any atom is 0.573 e. The van der Waals surface area contributed by atoms with Crippen molar-refractivity contribution < 1.29 is 37.0 Å². The van der Waals surface area contributed by atoms with Gasteiger partial charge in [0.1, 0.15) is 6.17 Å². The zero-order valence-corrected chi connectivity index (χ0v) is 19.5. The van der Waals surface area contributed by atoms with E-state index in [4.69, 9.17) is 15.2 Å². The average molecular weight is 493 g/mol. The lowest BCUT2D eigenvalue weighted by molar-refractivity contribution is -0.275. The molecule has 2 atom stereocenters. The molecule has 0 aliphatic carbocycles. The van der Waals surface area contributed by atoms with E-state index in [0.29, 0.717) is 28.8 Å². The second kappa shape index (κ2) is 10.8. The molecule has 8 nitrogen and oxygen atoms in total. The van der Waals surface area contributed by atoms with Gasteiger partial charge in [-0.25, -0.2) is 9.80 Å². The van der Waals surface area contributed by atoms with Gasteiger partial charge in [0.15, 0.2) is 11.5 Å². The number of hydrogen-bond acceptors (Lipinski definition) is 7. The maximum absolute atomic E-state index is 12.8. The lowest BCUT2D eigenvalue weighted by Gasteiger charge is -2.33. The number of hydrazone groups is 1. The zero-order valence-electron chi connectivity index (χ0n) is 19.5. The Morgan fingerprint density at radius 3 is 2.43 bits per heavy atom. The van der Waals surface area contributed by atoms with Gasteiger partial charge in [-0.05, 0) is 49.2 Å². The van der Waals surface area contributed by atoms with Gasteiger partial charge in [0.25, 0.3) is 0 Å². The number of carbonyl (C=O) groups is 2. The van der Waals surface area contributed by atoms with Crippen LogP contribution >= 0.6 is 0 Å². The topological polar surface area (TPSA) is 103 Å². The van der Waals surface area contributed by atoms with E-state index in [-0.39, 0.29) is 30.6 Å². The van der Waals surface area contributed by atoms with E-state index in [1.54, 1.807) is 31.2 Å². The number of rotatable bonds is 8. The first-order valence-corrected chi connectivity index (χ1v) is 10.9. The van der Waals surface area contributed by atoms with Crippen LogP contribution in [0.1, 0.15) is 54.3 Å². The molecule has 0 saturated carbocycles. The van der Waals surface area contributed by atoms with Crippen molar-refractivity contribution >= 4 is 17.6 Å². The Hall–Kier alpha value is -3.60. The van der Waals surface area contributed by atoms with Crippen LogP contribution in [-0.2, 0) is 9.53 Å². The molecule has 0 radical (unpaired) electrons. The monoisotopic (exact) mass is 493 g/mol. The Kier molecular flexibility index (Phi) is 8.00. The van der Waals surface area contributed by atoms with Crippen molar-refractivity contribution in [3.05, 3.63) is 59.2 Å². The molecule has 3 rings (SSSR count). The van der Waals surface area contributed by atoms with E-state index >= 15 is 0 Å². The molecule has 2 N–H and O–H groups in total. The molecule has 1 heterocycles. The van der Waals surface area contributed by atoms with Crippen molar-refractivity contribution in [1.29, 1.82) is 0 Å². The average Bonchev–Trinajstić information content (AvgIpc) is 2.83. The van der Waals surface area contributed by atoms with E-state index in [1.165, 1.54) is 19.2 Å². The first-order valence-electron chi connectivity index (χ1n) is 10.9. The van der Waals surface area contributed by atoms with Gasteiger partial charge in [-0.15, -0.1) is 13.2 Å². The largest absolute Gasteiger partial charge is 0.573 e. The van der Waals surface area contributed by atoms with E-state index in [0.717, 1.165) is 11.1 Å². The lowest BCUT2D eigenvalue weighted by atomic mass is 9.89. The van der Waals surface area contributed by atoms with Crippen molar-refractivity contribution in [3.63, 3.8) is 0 Å². The molecule has 0 saturated heterocycles. The fourth-order valence-electron chi connectivity index (χ4n) is 3.71. The van der Waals surface area contributed by atoms with Crippen LogP contribution in [0.3, 0.4) is 0 Å². The van der Waals surface area contributed by atoms with Crippen LogP contribution in [0.4, 0.5) is 13.2 Å². The summed E-state index contributed by atoms with van der Waals surface area (Å²) in [6.45, 7) is 3.83. The summed E-state index contributed by atoms with van der Waals surface area (Å²) in [5.74, 6) is -1.65. The Bertz CT molecular complexity index is 1100. The fraction of sp³-hybridized carbons (Fsp3) is 0.375. The minimum atomic E-state index is -4.87. The predicted molar refractivity (Wildman–Crippen MR) is 121 cm³/mol. The molecule has 1 amide bonds. The molecular weight excluding hydrogens is 467 g/mol. The Balaban J connectivity index is 1.94. The summed E-state index contributed by atoms with van der Waals surface area (Å²) < 4.78 is 52.1. The van der Waals surface area contributed by atoms with E-state index in [1.807, 2.05) is 6.92 Å². The van der Waals surface area contributed by atoms with Gasteiger partial charge in [0.05, 0.1) is 25.0 Å². The SMILES string of the molecule is CCOC(=O)c1ccc(C(N)N2N=C(c3ccc(OC(F)(F)F)c(OC)c3)C(CC)CC2=O)cc1. The zero-order chi connectivity index (χ0) is 25.8. The van der Waals surface area contributed by atoms with Crippen LogP contribution in [0.2, 0.25) is 0 Å². The summed E-state index contributed by atoms with van der Waals surface area (Å²) in [7, 11) is 1.23. The summed E-state index contributed by atoms with van der Waals surface area (Å²) >= 11 is 0. The second-order valence-corrected chi connectivity index (χ2v) is 7.73.